The van der Waals surface area contributed by atoms with E-state index in [-0.39, 0.29) is 17.0 Å². The molecule has 0 bridgehead atoms. The number of methoxy groups -OCH3 is 1. The summed E-state index contributed by atoms with van der Waals surface area (Å²) in [6, 6.07) is 12.7. The first-order chi connectivity index (χ1) is 16.8. The van der Waals surface area contributed by atoms with E-state index in [2.05, 4.69) is 14.5 Å². The van der Waals surface area contributed by atoms with Crippen LogP contribution in [0.4, 0.5) is 30.2 Å². The van der Waals surface area contributed by atoms with E-state index in [0.29, 0.717) is 0 Å². The minimum absolute atomic E-state index is 0.0582. The third-order valence-corrected chi connectivity index (χ3v) is 6.49. The number of sulfonamides is 1. The molecule has 198 valence electrons. The number of carbonyl (C=O) groups is 2. The number of halogens is 3. The topological polar surface area (TPSA) is 136 Å². The Morgan fingerprint density at radius 1 is 0.972 bits per heavy atom. The van der Waals surface area contributed by atoms with Gasteiger partial charge in [0.2, 0.25) is 10.0 Å². The fraction of sp³-hybridized carbons (Fsp3) is 0.364. The standard InChI is InChI=1S/C20H25N3O5S.C2HF3O2/c1-3-29(26,27)21-19-9-6-16(14-18(19)20(24)25)23-12-10-22(11-13-23)15-4-7-17(28-2)8-5-15;3-2(4,5)1(6)7/h4-9,14,21H,3,10-13H2,1-2H3,(H,24,25);(H,6,7). The highest BCUT2D eigenvalue weighted by Crippen LogP contribution is 2.27. The highest BCUT2D eigenvalue weighted by molar-refractivity contribution is 7.92. The molecule has 10 nitrogen and oxygen atoms in total. The number of benzene rings is 2. The van der Waals surface area contributed by atoms with Crippen molar-refractivity contribution in [1.29, 1.82) is 0 Å². The molecule has 0 spiro atoms. The summed E-state index contributed by atoms with van der Waals surface area (Å²) >= 11 is 0. The number of hydrogen-bond acceptors (Lipinski definition) is 7. The first kappa shape index (κ1) is 28.6. The lowest BCUT2D eigenvalue weighted by atomic mass is 10.1. The van der Waals surface area contributed by atoms with Gasteiger partial charge in [-0.15, -0.1) is 0 Å². The number of ether oxygens (including phenoxy) is 1. The number of carboxylic acid groups (broad SMARTS) is 2. The number of alkyl halides is 3. The van der Waals surface area contributed by atoms with Crippen LogP contribution in [0.1, 0.15) is 17.3 Å². The van der Waals surface area contributed by atoms with Crippen LogP contribution in [0.25, 0.3) is 0 Å². The second-order valence-electron chi connectivity index (χ2n) is 7.52. The SMILES string of the molecule is CCS(=O)(=O)Nc1ccc(N2CCN(c3ccc(OC)cc3)CC2)cc1C(=O)O.O=C(O)C(F)(F)F. The Morgan fingerprint density at radius 3 is 1.86 bits per heavy atom. The van der Waals surface area contributed by atoms with Gasteiger partial charge in [-0.25, -0.2) is 18.0 Å². The number of nitrogens with zero attached hydrogens (tertiary/aromatic N) is 2. The molecular formula is C22H26F3N3O7S. The van der Waals surface area contributed by atoms with Crippen LogP contribution in [0.2, 0.25) is 0 Å². The van der Waals surface area contributed by atoms with Crippen molar-refractivity contribution in [3.63, 3.8) is 0 Å². The lowest BCUT2D eigenvalue weighted by molar-refractivity contribution is -0.192. The van der Waals surface area contributed by atoms with Gasteiger partial charge in [-0.2, -0.15) is 13.2 Å². The van der Waals surface area contributed by atoms with Gasteiger partial charge < -0.3 is 24.7 Å². The molecule has 0 radical (unpaired) electrons. The van der Waals surface area contributed by atoms with Crippen LogP contribution in [0, 0.1) is 0 Å². The first-order valence-corrected chi connectivity index (χ1v) is 12.2. The van der Waals surface area contributed by atoms with E-state index in [4.69, 9.17) is 14.6 Å². The summed E-state index contributed by atoms with van der Waals surface area (Å²) in [6.45, 7) is 4.54. The second kappa shape index (κ2) is 11.8. The molecule has 2 aromatic carbocycles. The number of nitrogens with one attached hydrogen (secondary N) is 1. The van der Waals surface area contributed by atoms with Crippen LogP contribution in [0.15, 0.2) is 42.5 Å². The normalized spacial score (nSPS) is 13.9. The van der Waals surface area contributed by atoms with E-state index in [1.807, 2.05) is 24.3 Å². The van der Waals surface area contributed by atoms with Crippen molar-refractivity contribution in [2.24, 2.45) is 0 Å². The van der Waals surface area contributed by atoms with Gasteiger partial charge in [-0.3, -0.25) is 4.72 Å². The van der Waals surface area contributed by atoms with Crippen LogP contribution in [-0.4, -0.2) is 75.8 Å². The summed E-state index contributed by atoms with van der Waals surface area (Å²) in [5, 5.41) is 16.6. The fourth-order valence-corrected chi connectivity index (χ4v) is 3.91. The van der Waals surface area contributed by atoms with E-state index < -0.39 is 28.1 Å². The molecule has 1 aliphatic rings. The van der Waals surface area contributed by atoms with E-state index in [9.17, 15) is 31.5 Å². The maximum atomic E-state index is 11.8. The molecule has 1 saturated heterocycles. The molecule has 0 amide bonds. The average molecular weight is 534 g/mol. The van der Waals surface area contributed by atoms with Crippen molar-refractivity contribution in [2.75, 3.05) is 53.6 Å². The third kappa shape index (κ3) is 7.93. The lowest BCUT2D eigenvalue weighted by Gasteiger charge is -2.37. The highest BCUT2D eigenvalue weighted by atomic mass is 32.2. The van der Waals surface area contributed by atoms with Crippen molar-refractivity contribution in [3.05, 3.63) is 48.0 Å². The van der Waals surface area contributed by atoms with Gasteiger partial charge in [-0.1, -0.05) is 0 Å². The molecule has 3 rings (SSSR count). The maximum absolute atomic E-state index is 11.8. The molecule has 1 aliphatic heterocycles. The molecule has 0 aromatic heterocycles. The Hall–Kier alpha value is -3.68. The Morgan fingerprint density at radius 2 is 1.44 bits per heavy atom. The lowest BCUT2D eigenvalue weighted by Crippen LogP contribution is -2.46. The Kier molecular flexibility index (Phi) is 9.39. The predicted molar refractivity (Wildman–Crippen MR) is 128 cm³/mol. The molecule has 14 heteroatoms. The van der Waals surface area contributed by atoms with E-state index in [0.717, 1.165) is 43.3 Å². The molecule has 0 unspecified atom stereocenters. The minimum Gasteiger partial charge on any atom is -0.497 e. The molecule has 1 fully saturated rings. The Balaban J connectivity index is 0.000000572. The van der Waals surface area contributed by atoms with Crippen molar-refractivity contribution in [2.45, 2.75) is 13.1 Å². The minimum atomic E-state index is -5.08. The smallest absolute Gasteiger partial charge is 0.490 e. The molecule has 0 atom stereocenters. The Labute approximate surface area is 205 Å². The molecule has 2 aromatic rings. The monoisotopic (exact) mass is 533 g/mol. The summed E-state index contributed by atoms with van der Waals surface area (Å²) < 4.78 is 62.9. The van der Waals surface area contributed by atoms with E-state index in [1.165, 1.54) is 19.1 Å². The summed E-state index contributed by atoms with van der Waals surface area (Å²) in [7, 11) is -1.92. The maximum Gasteiger partial charge on any atom is 0.490 e. The quantitative estimate of drug-likeness (QED) is 0.490. The van der Waals surface area contributed by atoms with Crippen LogP contribution in [0.3, 0.4) is 0 Å². The third-order valence-electron chi connectivity index (χ3n) is 5.20. The van der Waals surface area contributed by atoms with Gasteiger partial charge in [0.15, 0.2) is 0 Å². The van der Waals surface area contributed by atoms with Gasteiger partial charge in [0.1, 0.15) is 5.75 Å². The van der Waals surface area contributed by atoms with Gasteiger partial charge in [0.05, 0.1) is 24.1 Å². The van der Waals surface area contributed by atoms with Crippen LogP contribution >= 0.6 is 0 Å². The van der Waals surface area contributed by atoms with Crippen LogP contribution in [0.5, 0.6) is 5.75 Å². The molecule has 0 saturated carbocycles. The number of anilines is 3. The number of carboxylic acids is 2. The van der Waals surface area contributed by atoms with E-state index >= 15 is 0 Å². The van der Waals surface area contributed by atoms with Gasteiger partial charge in [-0.05, 0) is 49.4 Å². The fourth-order valence-electron chi connectivity index (χ4n) is 3.25. The van der Waals surface area contributed by atoms with Crippen LogP contribution in [-0.2, 0) is 14.8 Å². The van der Waals surface area contributed by atoms with Crippen molar-refractivity contribution >= 4 is 39.0 Å². The average Bonchev–Trinajstić information content (AvgIpc) is 2.84. The zero-order chi connectivity index (χ0) is 27.1. The summed E-state index contributed by atoms with van der Waals surface area (Å²) in [6.07, 6.45) is -5.08. The predicted octanol–water partition coefficient (Wildman–Crippen LogP) is 3.11. The largest absolute Gasteiger partial charge is 0.497 e. The summed E-state index contributed by atoms with van der Waals surface area (Å²) in [4.78, 5) is 24.9. The molecule has 36 heavy (non-hydrogen) atoms. The summed E-state index contributed by atoms with van der Waals surface area (Å²) in [5.74, 6) is -3.24. The van der Waals surface area contributed by atoms with Gasteiger partial charge >= 0.3 is 18.1 Å². The number of piperazine rings is 1. The van der Waals surface area contributed by atoms with Crippen molar-refractivity contribution in [1.82, 2.24) is 0 Å². The highest BCUT2D eigenvalue weighted by Gasteiger charge is 2.38. The number of aliphatic carboxylic acids is 1. The van der Waals surface area contributed by atoms with Gasteiger partial charge in [0.25, 0.3) is 0 Å². The van der Waals surface area contributed by atoms with Crippen LogP contribution < -0.4 is 19.3 Å². The first-order valence-electron chi connectivity index (χ1n) is 10.6. The molecule has 1 heterocycles. The molecular weight excluding hydrogens is 507 g/mol. The van der Waals surface area contributed by atoms with Crippen molar-refractivity contribution in [3.8, 4) is 5.75 Å². The number of rotatable bonds is 7. The molecule has 3 N–H and O–H groups in total. The molecule has 0 aliphatic carbocycles. The van der Waals surface area contributed by atoms with Crippen molar-refractivity contribution < 1.29 is 46.1 Å². The second-order valence-corrected chi connectivity index (χ2v) is 9.53. The van der Waals surface area contributed by atoms with Gasteiger partial charge in [0, 0.05) is 37.6 Å². The Bertz CT molecular complexity index is 1160. The zero-order valence-electron chi connectivity index (χ0n) is 19.4. The number of hydrogen-bond donors (Lipinski definition) is 3. The zero-order valence-corrected chi connectivity index (χ0v) is 20.3. The van der Waals surface area contributed by atoms with E-state index in [1.54, 1.807) is 13.2 Å². The number of aromatic carboxylic acids is 1. The summed E-state index contributed by atoms with van der Waals surface area (Å²) in [5.41, 5.74) is 1.90.